The van der Waals surface area contributed by atoms with Crippen LogP contribution in [0.15, 0.2) is 71.7 Å². The van der Waals surface area contributed by atoms with Gasteiger partial charge in [0, 0.05) is 23.2 Å². The number of alkyl halides is 3. The van der Waals surface area contributed by atoms with Crippen molar-refractivity contribution in [1.82, 2.24) is 0 Å². The minimum absolute atomic E-state index is 0.0232. The summed E-state index contributed by atoms with van der Waals surface area (Å²) >= 11 is 6.37. The van der Waals surface area contributed by atoms with E-state index in [9.17, 15) is 32.3 Å². The average molecular weight is 560 g/mol. The minimum atomic E-state index is -4.77. The van der Waals surface area contributed by atoms with Gasteiger partial charge in [-0.3, -0.25) is 9.79 Å². The zero-order chi connectivity index (χ0) is 28.4. The molecule has 1 heterocycles. The van der Waals surface area contributed by atoms with E-state index in [1.807, 2.05) is 6.92 Å². The van der Waals surface area contributed by atoms with E-state index in [1.54, 1.807) is 18.2 Å². The van der Waals surface area contributed by atoms with Crippen LogP contribution in [0.2, 0.25) is 5.02 Å². The summed E-state index contributed by atoms with van der Waals surface area (Å²) in [4.78, 5) is 29.4. The number of aliphatic imine (C=N–C) groups is 1. The van der Waals surface area contributed by atoms with Crippen LogP contribution >= 0.6 is 11.6 Å². The Hall–Kier alpha value is -3.98. The van der Waals surface area contributed by atoms with Gasteiger partial charge in [-0.05, 0) is 78.2 Å². The molecule has 0 aromatic heterocycles. The highest BCUT2D eigenvalue weighted by molar-refractivity contribution is 6.33. The van der Waals surface area contributed by atoms with Gasteiger partial charge in [0.25, 0.3) is 0 Å². The largest absolute Gasteiger partial charge is 0.493 e. The number of rotatable bonds is 9. The lowest BCUT2D eigenvalue weighted by Crippen LogP contribution is -2.36. The molecule has 39 heavy (non-hydrogen) atoms. The molecule has 3 aromatic carbocycles. The molecular formula is C29H22ClF4NO4. The van der Waals surface area contributed by atoms with E-state index in [0.717, 1.165) is 6.07 Å². The molecule has 1 aliphatic heterocycles. The van der Waals surface area contributed by atoms with E-state index < -0.39 is 40.4 Å². The third-order valence-electron chi connectivity index (χ3n) is 6.20. The maximum Gasteiger partial charge on any atom is 0.416 e. The van der Waals surface area contributed by atoms with Crippen LogP contribution in [0.5, 0.6) is 5.75 Å². The van der Waals surface area contributed by atoms with Gasteiger partial charge >= 0.3 is 12.1 Å². The summed E-state index contributed by atoms with van der Waals surface area (Å²) in [7, 11) is 0. The van der Waals surface area contributed by atoms with Crippen LogP contribution in [-0.4, -0.2) is 35.2 Å². The summed E-state index contributed by atoms with van der Waals surface area (Å²) in [6.45, 7) is 2.27. The number of Topliss-reactive ketones (excluding diaryl/α,β-unsaturated/α-hetero) is 1. The monoisotopic (exact) mass is 559 g/mol. The van der Waals surface area contributed by atoms with Gasteiger partial charge in [-0.15, -0.1) is 0 Å². The molecule has 0 saturated carbocycles. The lowest BCUT2D eigenvalue weighted by Gasteiger charge is -2.25. The first-order chi connectivity index (χ1) is 18.4. The Balaban J connectivity index is 1.79. The molecule has 4 rings (SSSR count). The second-order valence-corrected chi connectivity index (χ2v) is 9.34. The number of ketones is 1. The van der Waals surface area contributed by atoms with Gasteiger partial charge in [-0.2, -0.15) is 13.2 Å². The van der Waals surface area contributed by atoms with Gasteiger partial charge in [0.05, 0.1) is 23.3 Å². The molecule has 1 N–H and O–H groups in total. The third-order valence-corrected chi connectivity index (χ3v) is 6.53. The number of hydrogen-bond donors (Lipinski definition) is 1. The topological polar surface area (TPSA) is 76.0 Å². The van der Waals surface area contributed by atoms with Crippen LogP contribution in [0.1, 0.15) is 45.2 Å². The molecule has 0 amide bonds. The maximum atomic E-state index is 14.8. The SMILES string of the molecule is CCCOc1ccc(-c2cc(C(=O)O)ccc2Cl)cc1CC1(C(=O)c2ccc(C(F)(F)F)cc2F)C=CC=N1. The van der Waals surface area contributed by atoms with Crippen LogP contribution in [-0.2, 0) is 12.6 Å². The Morgan fingerprint density at radius 2 is 1.85 bits per heavy atom. The quantitative estimate of drug-likeness (QED) is 0.218. The summed E-state index contributed by atoms with van der Waals surface area (Å²) in [5, 5.41) is 9.70. The van der Waals surface area contributed by atoms with Crippen LogP contribution in [0.3, 0.4) is 0 Å². The van der Waals surface area contributed by atoms with Crippen LogP contribution in [0, 0.1) is 5.82 Å². The van der Waals surface area contributed by atoms with Crippen molar-refractivity contribution >= 4 is 29.6 Å². The van der Waals surface area contributed by atoms with Gasteiger partial charge in [0.2, 0.25) is 0 Å². The Bertz CT molecular complexity index is 1490. The Labute approximate surface area is 226 Å². The fourth-order valence-corrected chi connectivity index (χ4v) is 4.48. The first kappa shape index (κ1) is 28.0. The average Bonchev–Trinajstić information content (AvgIpc) is 3.36. The van der Waals surface area contributed by atoms with E-state index in [2.05, 4.69) is 4.99 Å². The van der Waals surface area contributed by atoms with Crippen molar-refractivity contribution in [2.75, 3.05) is 6.61 Å². The van der Waals surface area contributed by atoms with Gasteiger partial charge in [-0.25, -0.2) is 9.18 Å². The molecule has 10 heteroatoms. The van der Waals surface area contributed by atoms with Crippen molar-refractivity contribution in [2.24, 2.45) is 4.99 Å². The summed E-state index contributed by atoms with van der Waals surface area (Å²) in [5.74, 6) is -2.85. The maximum absolute atomic E-state index is 14.8. The number of nitrogens with zero attached hydrogens (tertiary/aromatic N) is 1. The number of allylic oxidation sites excluding steroid dienone is 1. The van der Waals surface area contributed by atoms with Crippen molar-refractivity contribution in [2.45, 2.75) is 31.5 Å². The number of aromatic carboxylic acids is 1. The van der Waals surface area contributed by atoms with Crippen molar-refractivity contribution in [3.63, 3.8) is 0 Å². The molecule has 1 atom stereocenters. The molecule has 1 aliphatic rings. The fraction of sp³-hybridized carbons (Fsp3) is 0.207. The van der Waals surface area contributed by atoms with Crippen LogP contribution in [0.25, 0.3) is 11.1 Å². The van der Waals surface area contributed by atoms with Crippen molar-refractivity contribution in [3.8, 4) is 16.9 Å². The number of benzene rings is 3. The predicted octanol–water partition coefficient (Wildman–Crippen LogP) is 7.46. The Kier molecular flexibility index (Phi) is 7.92. The Morgan fingerprint density at radius 1 is 1.08 bits per heavy atom. The predicted molar refractivity (Wildman–Crippen MR) is 139 cm³/mol. The number of carbonyl (C=O) groups excluding carboxylic acids is 1. The molecule has 0 spiro atoms. The van der Waals surface area contributed by atoms with E-state index >= 15 is 0 Å². The molecule has 5 nitrogen and oxygen atoms in total. The zero-order valence-electron chi connectivity index (χ0n) is 20.6. The summed E-state index contributed by atoms with van der Waals surface area (Å²) in [6.07, 6.45) is 0.138. The smallest absolute Gasteiger partial charge is 0.416 e. The normalized spacial score (nSPS) is 16.5. The lowest BCUT2D eigenvalue weighted by atomic mass is 9.83. The van der Waals surface area contributed by atoms with Gasteiger partial charge in [0.1, 0.15) is 17.1 Å². The minimum Gasteiger partial charge on any atom is -0.493 e. The van der Waals surface area contributed by atoms with Crippen molar-refractivity contribution in [1.29, 1.82) is 0 Å². The molecule has 0 fully saturated rings. The van der Waals surface area contributed by atoms with E-state index in [1.165, 1.54) is 36.6 Å². The number of halogens is 5. The molecule has 0 aliphatic carbocycles. The molecule has 1 unspecified atom stereocenters. The van der Waals surface area contributed by atoms with Gasteiger partial charge in [-0.1, -0.05) is 24.6 Å². The van der Waals surface area contributed by atoms with E-state index in [4.69, 9.17) is 16.3 Å². The van der Waals surface area contributed by atoms with E-state index in [-0.39, 0.29) is 18.1 Å². The highest BCUT2D eigenvalue weighted by Crippen LogP contribution is 2.37. The Morgan fingerprint density at radius 3 is 2.46 bits per heavy atom. The van der Waals surface area contributed by atoms with Crippen LogP contribution < -0.4 is 4.74 Å². The second kappa shape index (κ2) is 11.0. The highest BCUT2D eigenvalue weighted by atomic mass is 35.5. The summed E-state index contributed by atoms with van der Waals surface area (Å²) in [5.41, 5.74) is -1.90. The number of carboxylic acid groups (broad SMARTS) is 1. The first-order valence-electron chi connectivity index (χ1n) is 11.9. The van der Waals surface area contributed by atoms with Crippen molar-refractivity contribution < 1.29 is 37.0 Å². The molecule has 0 radical (unpaired) electrons. The molecule has 3 aromatic rings. The number of carboxylic acids is 1. The van der Waals surface area contributed by atoms with Gasteiger partial charge < -0.3 is 9.84 Å². The number of ether oxygens (including phenoxy) is 1. The fourth-order valence-electron chi connectivity index (χ4n) is 4.26. The molecule has 202 valence electrons. The number of carbonyl (C=O) groups is 2. The highest BCUT2D eigenvalue weighted by Gasteiger charge is 2.40. The summed E-state index contributed by atoms with van der Waals surface area (Å²) < 4.78 is 59.8. The zero-order valence-corrected chi connectivity index (χ0v) is 21.3. The lowest BCUT2D eigenvalue weighted by molar-refractivity contribution is -0.137. The molecule has 0 saturated heterocycles. The first-order valence-corrected chi connectivity index (χ1v) is 12.3. The molecular weight excluding hydrogens is 538 g/mol. The van der Waals surface area contributed by atoms with Crippen LogP contribution in [0.4, 0.5) is 17.6 Å². The standard InChI is InChI=1S/C29H22ClF4NO4/c1-2-12-39-25-9-5-17(22-14-18(27(37)38)4-8-23(22)30)13-19(25)16-28(10-3-11-35-28)26(36)21-7-6-20(15-24(21)31)29(32,33)34/h3-11,13-15H,2,12,16H2,1H3,(H,37,38). The second-order valence-electron chi connectivity index (χ2n) is 8.93. The van der Waals surface area contributed by atoms with Crippen molar-refractivity contribution in [3.05, 3.63) is 99.8 Å². The van der Waals surface area contributed by atoms with E-state index in [0.29, 0.717) is 46.6 Å². The van der Waals surface area contributed by atoms with Gasteiger partial charge in [0.15, 0.2) is 5.78 Å². The number of hydrogen-bond acceptors (Lipinski definition) is 4. The summed E-state index contributed by atoms with van der Waals surface area (Å²) in [6, 6.07) is 11.0. The third kappa shape index (κ3) is 5.88. The molecule has 0 bridgehead atoms.